The zero-order chi connectivity index (χ0) is 13.1. The van der Waals surface area contributed by atoms with E-state index in [9.17, 15) is 18.3 Å². The molecule has 0 saturated carbocycles. The summed E-state index contributed by atoms with van der Waals surface area (Å²) in [6.07, 6.45) is -4.62. The molecule has 0 aromatic carbocycles. The fraction of sp³-hybridized carbons (Fsp3) is 1.00. The summed E-state index contributed by atoms with van der Waals surface area (Å²) in [5.74, 6) is 0. The maximum atomic E-state index is 12.4. The van der Waals surface area contributed by atoms with E-state index in [1.54, 1.807) is 0 Å². The van der Waals surface area contributed by atoms with Gasteiger partial charge in [-0.05, 0) is 33.0 Å². The smallest absolute Gasteiger partial charge is 0.356 e. The highest BCUT2D eigenvalue weighted by molar-refractivity contribution is 4.79. The van der Waals surface area contributed by atoms with Crippen molar-refractivity contribution >= 4 is 0 Å². The molecular formula is C10H19F3N2O2. The summed E-state index contributed by atoms with van der Waals surface area (Å²) in [5, 5.41) is 9.49. The molecular weight excluding hydrogens is 237 g/mol. The molecule has 1 saturated heterocycles. The summed E-state index contributed by atoms with van der Waals surface area (Å²) in [6, 6.07) is -0.289. The van der Waals surface area contributed by atoms with Crippen LogP contribution in [0.15, 0.2) is 0 Å². The van der Waals surface area contributed by atoms with Gasteiger partial charge in [0.25, 0.3) is 0 Å². The first-order valence-electron chi connectivity index (χ1n) is 5.55. The van der Waals surface area contributed by atoms with Crippen LogP contribution in [-0.2, 0) is 4.74 Å². The molecule has 7 heteroatoms. The molecule has 1 N–H and O–H groups in total. The van der Waals surface area contributed by atoms with E-state index in [1.807, 2.05) is 7.05 Å². The van der Waals surface area contributed by atoms with Gasteiger partial charge in [0.05, 0.1) is 6.54 Å². The van der Waals surface area contributed by atoms with Crippen LogP contribution in [0.25, 0.3) is 0 Å². The van der Waals surface area contributed by atoms with Crippen molar-refractivity contribution < 1.29 is 23.0 Å². The second kappa shape index (κ2) is 5.99. The highest BCUT2D eigenvalue weighted by Gasteiger charge is 2.37. The van der Waals surface area contributed by atoms with Crippen LogP contribution in [-0.4, -0.2) is 67.3 Å². The Bertz CT molecular complexity index is 230. The Kier molecular flexibility index (Phi) is 5.18. The number of aliphatic hydroxyl groups is 1. The van der Waals surface area contributed by atoms with Crippen molar-refractivity contribution in [2.24, 2.45) is 0 Å². The number of rotatable bonds is 4. The van der Waals surface area contributed by atoms with E-state index in [4.69, 9.17) is 0 Å². The fourth-order valence-corrected chi connectivity index (χ4v) is 2.06. The largest absolute Gasteiger partial charge is 0.401 e. The van der Waals surface area contributed by atoms with Gasteiger partial charge in [0, 0.05) is 13.2 Å². The monoisotopic (exact) mass is 256 g/mol. The number of nitrogens with zero attached hydrogens (tertiary/aromatic N) is 2. The minimum atomic E-state index is -4.33. The molecule has 17 heavy (non-hydrogen) atoms. The number of aliphatic hydroxyl groups excluding tert-OH is 1. The summed E-state index contributed by atoms with van der Waals surface area (Å²) in [5.41, 5.74) is 0. The first kappa shape index (κ1) is 14.7. The number of ether oxygens (including phenoxy) is 1. The second-order valence-corrected chi connectivity index (χ2v) is 4.38. The van der Waals surface area contributed by atoms with Gasteiger partial charge in [-0.15, -0.1) is 0 Å². The summed E-state index contributed by atoms with van der Waals surface area (Å²) in [7, 11) is 3.13. The van der Waals surface area contributed by atoms with Gasteiger partial charge in [-0.2, -0.15) is 13.2 Å². The fourth-order valence-electron chi connectivity index (χ4n) is 2.06. The Morgan fingerprint density at radius 2 is 1.94 bits per heavy atom. The Morgan fingerprint density at radius 1 is 1.41 bits per heavy atom. The van der Waals surface area contributed by atoms with Crippen LogP contribution in [0.3, 0.4) is 0 Å². The Morgan fingerprint density at radius 3 is 2.35 bits per heavy atom. The number of hydrogen-bond acceptors (Lipinski definition) is 4. The molecule has 1 unspecified atom stereocenters. The summed E-state index contributed by atoms with van der Waals surface area (Å²) in [4.78, 5) is 3.04. The lowest BCUT2D eigenvalue weighted by atomic mass is 10.0. The van der Waals surface area contributed by atoms with Gasteiger partial charge in [-0.3, -0.25) is 0 Å². The quantitative estimate of drug-likeness (QED) is 0.757. The maximum absolute atomic E-state index is 12.4. The highest BCUT2D eigenvalue weighted by Crippen LogP contribution is 2.24. The van der Waals surface area contributed by atoms with E-state index in [1.165, 1.54) is 7.11 Å². The van der Waals surface area contributed by atoms with Crippen molar-refractivity contribution in [2.75, 3.05) is 33.8 Å². The highest BCUT2D eigenvalue weighted by atomic mass is 19.4. The zero-order valence-electron chi connectivity index (χ0n) is 10.1. The molecule has 0 radical (unpaired) electrons. The lowest BCUT2D eigenvalue weighted by Crippen LogP contribution is -2.52. The Labute approximate surface area is 98.9 Å². The summed E-state index contributed by atoms with van der Waals surface area (Å²) < 4.78 is 41.9. The van der Waals surface area contributed by atoms with Crippen LogP contribution >= 0.6 is 0 Å². The van der Waals surface area contributed by atoms with Crippen molar-refractivity contribution in [1.29, 1.82) is 0 Å². The first-order chi connectivity index (χ1) is 7.83. The summed E-state index contributed by atoms with van der Waals surface area (Å²) >= 11 is 0. The number of piperidine rings is 1. The molecule has 1 aliphatic heterocycles. The predicted molar refractivity (Wildman–Crippen MR) is 56.3 cm³/mol. The molecule has 0 aromatic rings. The van der Waals surface area contributed by atoms with Crippen LogP contribution in [0.4, 0.5) is 13.2 Å². The molecule has 0 amide bonds. The minimum Gasteiger partial charge on any atom is -0.356 e. The van der Waals surface area contributed by atoms with E-state index in [-0.39, 0.29) is 6.04 Å². The number of likely N-dealkylation sites (tertiary alicyclic amines) is 1. The third-order valence-corrected chi connectivity index (χ3v) is 3.01. The van der Waals surface area contributed by atoms with E-state index in [0.717, 1.165) is 18.0 Å². The molecule has 1 heterocycles. The number of alkyl halides is 3. The van der Waals surface area contributed by atoms with Gasteiger partial charge in [-0.1, -0.05) is 0 Å². The standard InChI is InChI=1S/C10H19F3N2O2/c1-14-5-3-8(4-6-14)15(9(16)17-2)7-10(11,12)13/h8-9,16H,3-7H2,1-2H3. The molecule has 0 bridgehead atoms. The van der Waals surface area contributed by atoms with E-state index in [0.29, 0.717) is 12.8 Å². The first-order valence-corrected chi connectivity index (χ1v) is 5.55. The van der Waals surface area contributed by atoms with Crippen molar-refractivity contribution in [3.63, 3.8) is 0 Å². The SMILES string of the molecule is COC(O)N(CC(F)(F)F)C1CCN(C)CC1. The number of hydrogen-bond donors (Lipinski definition) is 1. The molecule has 4 nitrogen and oxygen atoms in total. The van der Waals surface area contributed by atoms with E-state index < -0.39 is 19.1 Å². The molecule has 1 rings (SSSR count). The maximum Gasteiger partial charge on any atom is 0.401 e. The lowest BCUT2D eigenvalue weighted by Gasteiger charge is -2.39. The Hall–Kier alpha value is -0.370. The van der Waals surface area contributed by atoms with Crippen LogP contribution in [0.2, 0.25) is 0 Å². The molecule has 0 aromatic heterocycles. The van der Waals surface area contributed by atoms with Gasteiger partial charge < -0.3 is 14.7 Å². The molecule has 0 spiro atoms. The van der Waals surface area contributed by atoms with Crippen molar-refractivity contribution in [2.45, 2.75) is 31.5 Å². The van der Waals surface area contributed by atoms with E-state index >= 15 is 0 Å². The molecule has 1 atom stereocenters. The van der Waals surface area contributed by atoms with Crippen molar-refractivity contribution in [1.82, 2.24) is 9.80 Å². The van der Waals surface area contributed by atoms with Crippen molar-refractivity contribution in [3.8, 4) is 0 Å². The normalized spacial score (nSPS) is 22.1. The van der Waals surface area contributed by atoms with Crippen molar-refractivity contribution in [3.05, 3.63) is 0 Å². The average Bonchev–Trinajstić information content (AvgIpc) is 2.25. The third-order valence-electron chi connectivity index (χ3n) is 3.01. The predicted octanol–water partition coefficient (Wildman–Crippen LogP) is 0.867. The molecule has 102 valence electrons. The number of methoxy groups -OCH3 is 1. The third kappa shape index (κ3) is 4.79. The minimum absolute atomic E-state index is 0.289. The van der Waals surface area contributed by atoms with Crippen LogP contribution in [0, 0.1) is 0 Å². The average molecular weight is 256 g/mol. The number of halogens is 3. The topological polar surface area (TPSA) is 35.9 Å². The van der Waals surface area contributed by atoms with Gasteiger partial charge in [0.2, 0.25) is 6.41 Å². The van der Waals surface area contributed by atoms with E-state index in [2.05, 4.69) is 9.64 Å². The molecule has 0 aliphatic carbocycles. The van der Waals surface area contributed by atoms with Gasteiger partial charge in [0.15, 0.2) is 0 Å². The molecule has 1 fully saturated rings. The van der Waals surface area contributed by atoms with Gasteiger partial charge >= 0.3 is 6.18 Å². The van der Waals surface area contributed by atoms with Crippen LogP contribution in [0.5, 0.6) is 0 Å². The van der Waals surface area contributed by atoms with Gasteiger partial charge in [-0.25, -0.2) is 4.90 Å². The van der Waals surface area contributed by atoms with Crippen LogP contribution < -0.4 is 0 Å². The lowest BCUT2D eigenvalue weighted by molar-refractivity contribution is -0.237. The molecule has 1 aliphatic rings. The second-order valence-electron chi connectivity index (χ2n) is 4.38. The van der Waals surface area contributed by atoms with Gasteiger partial charge in [0.1, 0.15) is 0 Å². The Balaban J connectivity index is 2.62. The van der Waals surface area contributed by atoms with Crippen LogP contribution in [0.1, 0.15) is 12.8 Å². The zero-order valence-corrected chi connectivity index (χ0v) is 10.1. The summed E-state index contributed by atoms with van der Waals surface area (Å²) in [6.45, 7) is 0.321.